The first-order chi connectivity index (χ1) is 13.2. The summed E-state index contributed by atoms with van der Waals surface area (Å²) in [5.41, 5.74) is 1.62. The molecule has 0 fully saturated rings. The van der Waals surface area contributed by atoms with Gasteiger partial charge in [-0.3, -0.25) is 4.79 Å². The molecule has 0 saturated carbocycles. The van der Waals surface area contributed by atoms with E-state index in [1.54, 1.807) is 42.5 Å². The number of fused-ring (bicyclic) bond motifs is 1. The molecule has 1 aliphatic rings. The van der Waals surface area contributed by atoms with Crippen LogP contribution in [-0.4, -0.2) is 46.3 Å². The quantitative estimate of drug-likeness (QED) is 0.675. The summed E-state index contributed by atoms with van der Waals surface area (Å²) in [5, 5.41) is 16.3. The van der Waals surface area contributed by atoms with Gasteiger partial charge in [0.2, 0.25) is 12.2 Å². The first-order valence-corrected chi connectivity index (χ1v) is 8.03. The van der Waals surface area contributed by atoms with Crippen molar-refractivity contribution in [3.8, 4) is 22.9 Å². The average Bonchev–Trinajstić information content (AvgIpc) is 3.24. The summed E-state index contributed by atoms with van der Waals surface area (Å²) in [6.45, 7) is 0.876. The number of H-pyrrole nitrogens is 1. The smallest absolute Gasteiger partial charge is 0.332 e. The normalized spacial score (nSPS) is 12.3. The number of aromatic nitrogens is 4. The number of aromatic amines is 1. The molecule has 0 atom stereocenters. The van der Waals surface area contributed by atoms with E-state index in [9.17, 15) is 9.59 Å². The Labute approximate surface area is 153 Å². The molecular formula is C17H14N6O4. The number of carbonyl (C=O) groups excluding carboxylic acids is 2. The van der Waals surface area contributed by atoms with Crippen LogP contribution in [0.2, 0.25) is 0 Å². The maximum atomic E-state index is 12.5. The van der Waals surface area contributed by atoms with Crippen molar-refractivity contribution in [2.45, 2.75) is 0 Å². The van der Waals surface area contributed by atoms with Gasteiger partial charge >= 0.3 is 6.03 Å². The fraction of sp³-hybridized carbons (Fsp3) is 0.118. The zero-order valence-corrected chi connectivity index (χ0v) is 14.0. The van der Waals surface area contributed by atoms with Crippen LogP contribution in [0.5, 0.6) is 11.5 Å². The molecule has 27 heavy (non-hydrogen) atoms. The molecule has 4 rings (SSSR count). The summed E-state index contributed by atoms with van der Waals surface area (Å²) in [6.07, 6.45) is 0.439. The van der Waals surface area contributed by atoms with Gasteiger partial charge in [0.15, 0.2) is 11.5 Å². The largest absolute Gasteiger partial charge is 0.486 e. The van der Waals surface area contributed by atoms with Crippen LogP contribution in [0.4, 0.5) is 16.2 Å². The van der Waals surface area contributed by atoms with Gasteiger partial charge in [0, 0.05) is 17.3 Å². The number of nitrogens with zero attached hydrogens (tertiary/aromatic N) is 4. The topological polar surface area (TPSA) is 122 Å². The Hall–Kier alpha value is -3.95. The van der Waals surface area contributed by atoms with Gasteiger partial charge < -0.3 is 14.8 Å². The molecule has 3 aromatic rings. The number of carbonyl (C=O) groups is 2. The van der Waals surface area contributed by atoms with Gasteiger partial charge in [0.1, 0.15) is 13.2 Å². The molecule has 3 amide bonds. The van der Waals surface area contributed by atoms with E-state index < -0.39 is 6.03 Å². The minimum Gasteiger partial charge on any atom is -0.486 e. The lowest BCUT2D eigenvalue weighted by atomic mass is 10.2. The highest BCUT2D eigenvalue weighted by atomic mass is 16.6. The van der Waals surface area contributed by atoms with Gasteiger partial charge in [0.05, 0.1) is 5.69 Å². The van der Waals surface area contributed by atoms with Gasteiger partial charge in [0.25, 0.3) is 0 Å². The van der Waals surface area contributed by atoms with E-state index in [-0.39, 0.29) is 0 Å². The number of urea groups is 1. The van der Waals surface area contributed by atoms with Crippen molar-refractivity contribution in [1.29, 1.82) is 0 Å². The van der Waals surface area contributed by atoms with Crippen LogP contribution < -0.4 is 19.7 Å². The Morgan fingerprint density at radius 2 is 1.89 bits per heavy atom. The maximum absolute atomic E-state index is 12.5. The number of tetrazole rings is 1. The van der Waals surface area contributed by atoms with E-state index in [0.717, 1.165) is 10.5 Å². The molecule has 10 nitrogen and oxygen atoms in total. The van der Waals surface area contributed by atoms with E-state index in [0.29, 0.717) is 48.3 Å². The molecule has 0 unspecified atom stereocenters. The van der Waals surface area contributed by atoms with Crippen LogP contribution in [0.1, 0.15) is 0 Å². The number of imide groups is 1. The fourth-order valence-electron chi connectivity index (χ4n) is 2.58. The summed E-state index contributed by atoms with van der Waals surface area (Å²) in [5.74, 6) is 1.51. The van der Waals surface area contributed by atoms with Gasteiger partial charge in [-0.1, -0.05) is 0 Å². The van der Waals surface area contributed by atoms with Crippen molar-refractivity contribution >= 4 is 23.8 Å². The summed E-state index contributed by atoms with van der Waals surface area (Å²) in [4.78, 5) is 24.9. The van der Waals surface area contributed by atoms with E-state index in [2.05, 4.69) is 25.9 Å². The molecule has 1 aromatic heterocycles. The van der Waals surface area contributed by atoms with Gasteiger partial charge in [-0.05, 0) is 41.6 Å². The Morgan fingerprint density at radius 1 is 1.11 bits per heavy atom. The van der Waals surface area contributed by atoms with E-state index >= 15 is 0 Å². The number of benzene rings is 2. The number of rotatable bonds is 4. The van der Waals surface area contributed by atoms with Crippen LogP contribution in [-0.2, 0) is 4.79 Å². The van der Waals surface area contributed by atoms with Crippen LogP contribution in [0, 0.1) is 0 Å². The minimum atomic E-state index is -0.603. The molecule has 10 heteroatoms. The highest BCUT2D eigenvalue weighted by Gasteiger charge is 2.19. The van der Waals surface area contributed by atoms with Crippen molar-refractivity contribution in [3.63, 3.8) is 0 Å². The van der Waals surface area contributed by atoms with Crippen LogP contribution in [0.25, 0.3) is 11.4 Å². The number of hydrogen-bond donors (Lipinski definition) is 2. The molecule has 0 radical (unpaired) electrons. The van der Waals surface area contributed by atoms with E-state index in [1.807, 2.05) is 0 Å². The molecule has 136 valence electrons. The summed E-state index contributed by atoms with van der Waals surface area (Å²) in [6, 6.07) is 11.1. The fourth-order valence-corrected chi connectivity index (χ4v) is 2.58. The number of hydrogen-bond acceptors (Lipinski definition) is 7. The third-order valence-electron chi connectivity index (χ3n) is 3.87. The van der Waals surface area contributed by atoms with E-state index in [4.69, 9.17) is 9.47 Å². The lowest BCUT2D eigenvalue weighted by molar-refractivity contribution is -0.106. The van der Waals surface area contributed by atoms with Crippen molar-refractivity contribution in [3.05, 3.63) is 42.5 Å². The molecule has 0 saturated heterocycles. The van der Waals surface area contributed by atoms with Crippen molar-refractivity contribution in [2.24, 2.45) is 0 Å². The monoisotopic (exact) mass is 366 g/mol. The third kappa shape index (κ3) is 3.40. The Bertz CT molecular complexity index is 958. The van der Waals surface area contributed by atoms with Gasteiger partial charge in [-0.2, -0.15) is 5.21 Å². The molecule has 0 aliphatic carbocycles. The van der Waals surface area contributed by atoms with Crippen molar-refractivity contribution in [1.82, 2.24) is 20.6 Å². The number of amides is 3. The Morgan fingerprint density at radius 3 is 2.59 bits per heavy atom. The predicted molar refractivity (Wildman–Crippen MR) is 94.6 cm³/mol. The second-order valence-corrected chi connectivity index (χ2v) is 5.55. The molecule has 1 aliphatic heterocycles. The highest BCUT2D eigenvalue weighted by molar-refractivity contribution is 6.12. The zero-order chi connectivity index (χ0) is 18.6. The molecule has 0 spiro atoms. The SMILES string of the molecule is O=CN(C(=O)Nc1ccc(-c2nn[nH]n2)cc1)c1ccc2c(c1)OCCO2. The first kappa shape index (κ1) is 16.5. The molecule has 2 N–H and O–H groups in total. The summed E-state index contributed by atoms with van der Waals surface area (Å²) in [7, 11) is 0. The van der Waals surface area contributed by atoms with Crippen molar-refractivity contribution in [2.75, 3.05) is 23.4 Å². The average molecular weight is 366 g/mol. The standard InChI is InChI=1S/C17H14N6O4/c24-10-23(13-5-6-14-15(9-13)27-8-7-26-14)17(25)18-12-3-1-11(2-4-12)16-19-21-22-20-16/h1-6,9-10H,7-8H2,(H,18,25)(H,19,20,21,22). The highest BCUT2D eigenvalue weighted by Crippen LogP contribution is 2.33. The zero-order valence-electron chi connectivity index (χ0n) is 14.0. The summed E-state index contributed by atoms with van der Waals surface area (Å²) < 4.78 is 10.9. The predicted octanol–water partition coefficient (Wildman–Crippen LogP) is 1.83. The minimum absolute atomic E-state index is 0.371. The molecule has 2 aromatic carbocycles. The third-order valence-corrected chi connectivity index (χ3v) is 3.87. The first-order valence-electron chi connectivity index (χ1n) is 8.03. The van der Waals surface area contributed by atoms with Crippen molar-refractivity contribution < 1.29 is 19.1 Å². The lowest BCUT2D eigenvalue weighted by Gasteiger charge is -2.21. The Kier molecular flexibility index (Phi) is 4.35. The molecular weight excluding hydrogens is 352 g/mol. The lowest BCUT2D eigenvalue weighted by Crippen LogP contribution is -2.33. The number of ether oxygens (including phenoxy) is 2. The van der Waals surface area contributed by atoms with E-state index in [1.165, 1.54) is 0 Å². The van der Waals surface area contributed by atoms with Gasteiger partial charge in [-0.15, -0.1) is 10.2 Å². The molecule has 2 heterocycles. The second kappa shape index (κ2) is 7.12. The number of anilines is 2. The van der Waals surface area contributed by atoms with Gasteiger partial charge in [-0.25, -0.2) is 9.69 Å². The summed E-state index contributed by atoms with van der Waals surface area (Å²) >= 11 is 0. The molecule has 0 bridgehead atoms. The van der Waals surface area contributed by atoms with Crippen LogP contribution in [0.3, 0.4) is 0 Å². The maximum Gasteiger partial charge on any atom is 0.332 e. The number of nitrogens with one attached hydrogen (secondary N) is 2. The second-order valence-electron chi connectivity index (χ2n) is 5.55. The van der Waals surface area contributed by atoms with Crippen LogP contribution in [0.15, 0.2) is 42.5 Å². The van der Waals surface area contributed by atoms with Crippen LogP contribution >= 0.6 is 0 Å². The Balaban J connectivity index is 1.50.